The summed E-state index contributed by atoms with van der Waals surface area (Å²) in [4.78, 5) is 27.1. The quantitative estimate of drug-likeness (QED) is 0.601. The number of nitrogens with zero attached hydrogens (tertiary/aromatic N) is 4. The summed E-state index contributed by atoms with van der Waals surface area (Å²) in [5, 5.41) is 11.9. The number of fused-ring (bicyclic) bond motifs is 1. The van der Waals surface area contributed by atoms with Crippen LogP contribution >= 0.6 is 11.8 Å². The average Bonchev–Trinajstić information content (AvgIpc) is 3.33. The Morgan fingerprint density at radius 3 is 2.77 bits per heavy atom. The van der Waals surface area contributed by atoms with E-state index in [2.05, 4.69) is 21.6 Å². The van der Waals surface area contributed by atoms with Crippen LogP contribution in [0.3, 0.4) is 0 Å². The van der Waals surface area contributed by atoms with Crippen molar-refractivity contribution >= 4 is 35.0 Å². The maximum absolute atomic E-state index is 12.7. The van der Waals surface area contributed by atoms with Gasteiger partial charge in [0.2, 0.25) is 11.8 Å². The Bertz CT molecular complexity index is 1140. The predicted molar refractivity (Wildman–Crippen MR) is 122 cm³/mol. The minimum absolute atomic E-state index is 0.0483. The van der Waals surface area contributed by atoms with Crippen LogP contribution in [0, 0.1) is 13.8 Å². The van der Waals surface area contributed by atoms with Gasteiger partial charge in [0.1, 0.15) is 5.82 Å². The first-order chi connectivity index (χ1) is 14.9. The van der Waals surface area contributed by atoms with Crippen LogP contribution in [0.2, 0.25) is 0 Å². The minimum atomic E-state index is -0.148. The molecule has 0 saturated carbocycles. The predicted octanol–water partition coefficient (Wildman–Crippen LogP) is 3.29. The van der Waals surface area contributed by atoms with Gasteiger partial charge in [-0.1, -0.05) is 42.1 Å². The molecular weight excluding hydrogens is 410 g/mol. The average molecular weight is 436 g/mol. The van der Waals surface area contributed by atoms with Gasteiger partial charge in [0.05, 0.1) is 12.2 Å². The van der Waals surface area contributed by atoms with Gasteiger partial charge in [-0.3, -0.25) is 9.59 Å². The highest BCUT2D eigenvalue weighted by Gasteiger charge is 2.24. The van der Waals surface area contributed by atoms with E-state index in [1.807, 2.05) is 62.2 Å². The van der Waals surface area contributed by atoms with Crippen molar-refractivity contribution < 1.29 is 9.59 Å². The van der Waals surface area contributed by atoms with E-state index >= 15 is 0 Å². The van der Waals surface area contributed by atoms with Crippen molar-refractivity contribution in [3.05, 3.63) is 65.0 Å². The lowest BCUT2D eigenvalue weighted by molar-refractivity contribution is -0.116. The van der Waals surface area contributed by atoms with Crippen LogP contribution in [0.5, 0.6) is 0 Å². The summed E-state index contributed by atoms with van der Waals surface area (Å²) in [5.41, 5.74) is 5.10. The van der Waals surface area contributed by atoms with E-state index in [4.69, 9.17) is 0 Å². The summed E-state index contributed by atoms with van der Waals surface area (Å²) in [6.45, 7) is 4.66. The molecule has 0 aliphatic carbocycles. The fourth-order valence-corrected chi connectivity index (χ4v) is 4.44. The molecule has 31 heavy (non-hydrogen) atoms. The van der Waals surface area contributed by atoms with Crippen LogP contribution in [-0.4, -0.2) is 38.9 Å². The fourth-order valence-electron chi connectivity index (χ4n) is 3.63. The third-order valence-corrected chi connectivity index (χ3v) is 6.43. The maximum atomic E-state index is 12.7. The number of carbonyl (C=O) groups excluding carboxylic acids is 2. The number of benzene rings is 2. The lowest BCUT2D eigenvalue weighted by Crippen LogP contribution is -2.30. The van der Waals surface area contributed by atoms with Crippen molar-refractivity contribution in [1.29, 1.82) is 0 Å². The molecule has 8 heteroatoms. The molecule has 0 unspecified atom stereocenters. The summed E-state index contributed by atoms with van der Waals surface area (Å²) in [7, 11) is 1.82. The summed E-state index contributed by atoms with van der Waals surface area (Å²) in [6.07, 6.45) is 1.00. The maximum Gasteiger partial charge on any atom is 0.237 e. The Morgan fingerprint density at radius 2 is 1.94 bits per heavy atom. The fraction of sp³-hybridized carbons (Fsp3) is 0.304. The highest BCUT2D eigenvalue weighted by molar-refractivity contribution is 7.99. The van der Waals surface area contributed by atoms with Gasteiger partial charge in [-0.05, 0) is 49.1 Å². The number of carbonyl (C=O) groups is 2. The van der Waals surface area contributed by atoms with Crippen molar-refractivity contribution in [2.75, 3.05) is 22.5 Å². The zero-order valence-electron chi connectivity index (χ0n) is 17.9. The molecule has 0 saturated heterocycles. The van der Waals surface area contributed by atoms with E-state index in [0.717, 1.165) is 28.9 Å². The molecule has 4 rings (SSSR count). The van der Waals surface area contributed by atoms with Crippen molar-refractivity contribution in [3.8, 4) is 0 Å². The summed E-state index contributed by atoms with van der Waals surface area (Å²) in [6, 6.07) is 14.0. The van der Waals surface area contributed by atoms with Gasteiger partial charge in [0.25, 0.3) is 0 Å². The van der Waals surface area contributed by atoms with E-state index in [0.29, 0.717) is 17.5 Å². The first kappa shape index (κ1) is 21.1. The van der Waals surface area contributed by atoms with Crippen molar-refractivity contribution in [2.45, 2.75) is 31.8 Å². The topological polar surface area (TPSA) is 80.1 Å². The van der Waals surface area contributed by atoms with E-state index in [1.54, 1.807) is 4.57 Å². The standard InChI is InChI=1S/C23H25N5O2S/c1-15-8-9-16(2)18(12-15)24-21(29)13-20-25-26-23(27(20)3)31-14-22(30)28-11-10-17-6-4-5-7-19(17)28/h4-9,12H,10-11,13-14H2,1-3H3,(H,24,29). The van der Waals surface area contributed by atoms with E-state index in [9.17, 15) is 9.59 Å². The molecule has 0 radical (unpaired) electrons. The second-order valence-corrected chi connectivity index (χ2v) is 8.66. The Labute approximate surface area is 185 Å². The van der Waals surface area contributed by atoms with Gasteiger partial charge in [-0.15, -0.1) is 10.2 Å². The van der Waals surface area contributed by atoms with E-state index < -0.39 is 0 Å². The van der Waals surface area contributed by atoms with Gasteiger partial charge in [0.15, 0.2) is 5.16 Å². The zero-order chi connectivity index (χ0) is 22.0. The van der Waals surface area contributed by atoms with Crippen molar-refractivity contribution in [2.24, 2.45) is 7.05 Å². The zero-order valence-corrected chi connectivity index (χ0v) is 18.7. The van der Waals surface area contributed by atoms with Crippen LogP contribution < -0.4 is 10.2 Å². The number of rotatable bonds is 6. The molecule has 0 bridgehead atoms. The number of aryl methyl sites for hydroxylation is 2. The minimum Gasteiger partial charge on any atom is -0.325 e. The first-order valence-electron chi connectivity index (χ1n) is 10.2. The van der Waals surface area contributed by atoms with E-state index in [1.165, 1.54) is 17.3 Å². The number of para-hydroxylation sites is 1. The van der Waals surface area contributed by atoms with Crippen LogP contribution in [0.1, 0.15) is 22.5 Å². The molecular formula is C23H25N5O2S. The summed E-state index contributed by atoms with van der Waals surface area (Å²) >= 11 is 1.34. The third kappa shape index (κ3) is 4.64. The number of nitrogens with one attached hydrogen (secondary N) is 1. The molecule has 3 aromatic rings. The number of hydrogen-bond donors (Lipinski definition) is 1. The molecule has 1 aliphatic rings. The van der Waals surface area contributed by atoms with Crippen LogP contribution in [-0.2, 0) is 29.5 Å². The molecule has 7 nitrogen and oxygen atoms in total. The molecule has 2 heterocycles. The van der Waals surface area contributed by atoms with Crippen LogP contribution in [0.4, 0.5) is 11.4 Å². The van der Waals surface area contributed by atoms with Crippen molar-refractivity contribution in [1.82, 2.24) is 14.8 Å². The lowest BCUT2D eigenvalue weighted by Gasteiger charge is -2.16. The molecule has 2 amide bonds. The van der Waals surface area contributed by atoms with Gasteiger partial charge < -0.3 is 14.8 Å². The Balaban J connectivity index is 1.35. The Morgan fingerprint density at radius 1 is 1.13 bits per heavy atom. The van der Waals surface area contributed by atoms with Gasteiger partial charge in [-0.2, -0.15) is 0 Å². The number of thioether (sulfide) groups is 1. The molecule has 0 atom stereocenters. The normalized spacial score (nSPS) is 12.7. The molecule has 1 aromatic heterocycles. The molecule has 2 aromatic carbocycles. The molecule has 1 N–H and O–H groups in total. The lowest BCUT2D eigenvalue weighted by atomic mass is 10.1. The van der Waals surface area contributed by atoms with Crippen LogP contribution in [0.25, 0.3) is 0 Å². The highest BCUT2D eigenvalue weighted by Crippen LogP contribution is 2.28. The molecule has 160 valence electrons. The number of hydrogen-bond acceptors (Lipinski definition) is 5. The van der Waals surface area contributed by atoms with Gasteiger partial charge in [-0.25, -0.2) is 0 Å². The Kier molecular flexibility index (Phi) is 6.08. The van der Waals surface area contributed by atoms with Crippen LogP contribution in [0.15, 0.2) is 47.6 Å². The Hall–Kier alpha value is -3.13. The SMILES string of the molecule is Cc1ccc(C)c(NC(=O)Cc2nnc(SCC(=O)N3CCc4ccccc43)n2C)c1. The van der Waals surface area contributed by atoms with E-state index in [-0.39, 0.29) is 24.0 Å². The van der Waals surface area contributed by atoms with Gasteiger partial charge >= 0.3 is 0 Å². The second-order valence-electron chi connectivity index (χ2n) is 7.71. The first-order valence-corrected chi connectivity index (χ1v) is 11.2. The van der Waals surface area contributed by atoms with Gasteiger partial charge in [0, 0.05) is 25.0 Å². The molecule has 0 spiro atoms. The van der Waals surface area contributed by atoms with Crippen molar-refractivity contribution in [3.63, 3.8) is 0 Å². The number of amides is 2. The third-order valence-electron chi connectivity index (χ3n) is 5.42. The number of aromatic nitrogens is 3. The second kappa shape index (κ2) is 8.93. The smallest absolute Gasteiger partial charge is 0.237 e. The highest BCUT2D eigenvalue weighted by atomic mass is 32.2. The number of anilines is 2. The molecule has 0 fully saturated rings. The largest absolute Gasteiger partial charge is 0.325 e. The summed E-state index contributed by atoms with van der Waals surface area (Å²) in [5.74, 6) is 0.733. The summed E-state index contributed by atoms with van der Waals surface area (Å²) < 4.78 is 1.78. The molecule has 1 aliphatic heterocycles. The monoisotopic (exact) mass is 435 g/mol.